The number of carbonyl (C=O) groups is 2. The van der Waals surface area contributed by atoms with Gasteiger partial charge < -0.3 is 5.32 Å². The Kier molecular flexibility index (Phi) is 3.87. The van der Waals surface area contributed by atoms with Gasteiger partial charge in [0.05, 0.1) is 17.7 Å². The van der Waals surface area contributed by atoms with Gasteiger partial charge in [0.2, 0.25) is 0 Å². The third-order valence-electron chi connectivity index (χ3n) is 5.57. The second-order valence-corrected chi connectivity index (χ2v) is 7.25. The van der Waals surface area contributed by atoms with Crippen LogP contribution in [0.2, 0.25) is 0 Å². The molecule has 0 saturated carbocycles. The highest BCUT2D eigenvalue weighted by molar-refractivity contribution is 6.34. The molecular weight excluding hydrogens is 352 g/mol. The van der Waals surface area contributed by atoms with E-state index in [9.17, 15) is 9.59 Å². The zero-order valence-electron chi connectivity index (χ0n) is 15.6. The van der Waals surface area contributed by atoms with E-state index in [0.29, 0.717) is 30.0 Å². The van der Waals surface area contributed by atoms with Crippen LogP contribution in [0.25, 0.3) is 0 Å². The lowest BCUT2D eigenvalue weighted by Gasteiger charge is -2.17. The monoisotopic (exact) mass is 372 g/mol. The molecule has 1 N–H and O–H groups in total. The fourth-order valence-electron chi connectivity index (χ4n) is 4.04. The minimum atomic E-state index is -0.297. The van der Waals surface area contributed by atoms with E-state index >= 15 is 0 Å². The van der Waals surface area contributed by atoms with Crippen LogP contribution < -0.4 is 10.2 Å². The summed E-state index contributed by atoms with van der Waals surface area (Å²) < 4.78 is 1.96. The first-order valence-electron chi connectivity index (χ1n) is 9.46. The molecule has 28 heavy (non-hydrogen) atoms. The van der Waals surface area contributed by atoms with Crippen molar-refractivity contribution in [3.8, 4) is 0 Å². The second-order valence-electron chi connectivity index (χ2n) is 7.25. The van der Waals surface area contributed by atoms with E-state index in [0.717, 1.165) is 24.2 Å². The molecule has 0 spiro atoms. The van der Waals surface area contributed by atoms with Gasteiger partial charge >= 0.3 is 0 Å². The lowest BCUT2D eigenvalue weighted by molar-refractivity contribution is 0.0924. The first-order valence-corrected chi connectivity index (χ1v) is 9.46. The minimum Gasteiger partial charge on any atom is -0.312 e. The smallest absolute Gasteiger partial charge is 0.267 e. The van der Waals surface area contributed by atoms with Gasteiger partial charge in [-0.1, -0.05) is 36.4 Å². The average molecular weight is 372 g/mol. The Hall–Kier alpha value is -3.25. The number of benzene rings is 2. The molecule has 140 valence electrons. The number of nitrogens with zero attached hydrogens (tertiary/aromatic N) is 3. The Morgan fingerprint density at radius 3 is 2.39 bits per heavy atom. The summed E-state index contributed by atoms with van der Waals surface area (Å²) >= 11 is 0. The molecule has 2 aliphatic rings. The van der Waals surface area contributed by atoms with Gasteiger partial charge in [-0.05, 0) is 30.2 Å². The van der Waals surface area contributed by atoms with Gasteiger partial charge in [-0.25, -0.2) is 4.90 Å². The molecule has 6 nitrogen and oxygen atoms in total. The van der Waals surface area contributed by atoms with Crippen LogP contribution in [0.15, 0.2) is 48.5 Å². The Morgan fingerprint density at radius 1 is 1.00 bits per heavy atom. The summed E-state index contributed by atoms with van der Waals surface area (Å²) in [4.78, 5) is 27.1. The van der Waals surface area contributed by atoms with Gasteiger partial charge in [0.25, 0.3) is 11.8 Å². The molecule has 0 unspecified atom stereocenters. The van der Waals surface area contributed by atoms with E-state index in [2.05, 4.69) is 24.4 Å². The summed E-state index contributed by atoms with van der Waals surface area (Å²) in [6.07, 6.45) is 0.817. The normalized spacial score (nSPS) is 15.7. The van der Waals surface area contributed by atoms with E-state index in [1.165, 1.54) is 16.0 Å². The van der Waals surface area contributed by atoms with Crippen molar-refractivity contribution in [3.05, 3.63) is 82.0 Å². The number of imide groups is 1. The topological polar surface area (TPSA) is 67.2 Å². The van der Waals surface area contributed by atoms with Crippen LogP contribution in [0.4, 0.5) is 5.82 Å². The lowest BCUT2D eigenvalue weighted by Crippen LogP contribution is -2.32. The van der Waals surface area contributed by atoms with Crippen molar-refractivity contribution in [2.75, 3.05) is 11.4 Å². The zero-order chi connectivity index (χ0) is 19.3. The maximum absolute atomic E-state index is 13.0. The number of aryl methyl sites for hydroxylation is 1. The predicted octanol–water partition coefficient (Wildman–Crippen LogP) is 2.69. The number of rotatable bonds is 3. The molecule has 6 heteroatoms. The fourth-order valence-corrected chi connectivity index (χ4v) is 4.04. The molecule has 0 radical (unpaired) electrons. The molecule has 0 bridgehead atoms. The van der Waals surface area contributed by atoms with Crippen LogP contribution in [-0.4, -0.2) is 28.1 Å². The molecule has 2 aromatic carbocycles. The highest BCUT2D eigenvalue weighted by atomic mass is 16.2. The van der Waals surface area contributed by atoms with E-state index in [4.69, 9.17) is 5.10 Å². The Morgan fingerprint density at radius 2 is 1.68 bits per heavy atom. The third kappa shape index (κ3) is 2.49. The fraction of sp³-hybridized carbons (Fsp3) is 0.227. The first-order chi connectivity index (χ1) is 13.6. The van der Waals surface area contributed by atoms with Gasteiger partial charge in [0.15, 0.2) is 5.82 Å². The van der Waals surface area contributed by atoms with Crippen molar-refractivity contribution in [2.45, 2.75) is 26.4 Å². The van der Waals surface area contributed by atoms with Crippen molar-refractivity contribution in [1.29, 1.82) is 0 Å². The number of carbonyl (C=O) groups excluding carboxylic acids is 2. The van der Waals surface area contributed by atoms with Crippen LogP contribution in [0.5, 0.6) is 0 Å². The zero-order valence-corrected chi connectivity index (χ0v) is 15.6. The molecule has 2 amide bonds. The van der Waals surface area contributed by atoms with Gasteiger partial charge in [0, 0.05) is 30.8 Å². The summed E-state index contributed by atoms with van der Waals surface area (Å²) in [5.74, 6) is -0.133. The highest BCUT2D eigenvalue weighted by Gasteiger charge is 2.40. The summed E-state index contributed by atoms with van der Waals surface area (Å²) in [7, 11) is 0. The van der Waals surface area contributed by atoms with Crippen molar-refractivity contribution in [2.24, 2.45) is 0 Å². The molecule has 0 atom stereocenters. The standard InChI is InChI=1S/C22H20N4O2/c1-14-6-2-3-7-15(14)13-25-19-10-11-23-12-18(19)20(24-25)26-21(27)16-8-4-5-9-17(16)22(26)28/h2-9,23H,10-13H2,1H3. The molecule has 0 saturated heterocycles. The number of anilines is 1. The third-order valence-corrected chi connectivity index (χ3v) is 5.57. The molecule has 1 aromatic heterocycles. The SMILES string of the molecule is Cc1ccccc1Cn1nc(N2C(=O)c3ccccc3C2=O)c2c1CCNC2. The van der Waals surface area contributed by atoms with Crippen molar-refractivity contribution >= 4 is 17.6 Å². The molecule has 2 aliphatic heterocycles. The van der Waals surface area contributed by atoms with Crippen LogP contribution >= 0.6 is 0 Å². The van der Waals surface area contributed by atoms with E-state index < -0.39 is 0 Å². The van der Waals surface area contributed by atoms with Gasteiger partial charge in [0.1, 0.15) is 0 Å². The summed E-state index contributed by atoms with van der Waals surface area (Å²) in [5, 5.41) is 8.10. The summed E-state index contributed by atoms with van der Waals surface area (Å²) in [5.41, 5.74) is 5.29. The number of fused-ring (bicyclic) bond motifs is 2. The van der Waals surface area contributed by atoms with Gasteiger partial charge in [-0.15, -0.1) is 0 Å². The molecule has 5 rings (SSSR count). The summed E-state index contributed by atoms with van der Waals surface area (Å²) in [6.45, 7) is 4.16. The largest absolute Gasteiger partial charge is 0.312 e. The Balaban J connectivity index is 1.60. The number of hydrogen-bond acceptors (Lipinski definition) is 4. The van der Waals surface area contributed by atoms with Crippen LogP contribution in [-0.2, 0) is 19.5 Å². The van der Waals surface area contributed by atoms with E-state index in [1.54, 1.807) is 24.3 Å². The lowest BCUT2D eigenvalue weighted by atomic mass is 10.1. The quantitative estimate of drug-likeness (QED) is 0.718. The Bertz CT molecular complexity index is 1080. The van der Waals surface area contributed by atoms with Crippen molar-refractivity contribution in [3.63, 3.8) is 0 Å². The average Bonchev–Trinajstić information content (AvgIpc) is 3.19. The van der Waals surface area contributed by atoms with Crippen LogP contribution in [0, 0.1) is 6.92 Å². The van der Waals surface area contributed by atoms with Crippen LogP contribution in [0.1, 0.15) is 43.1 Å². The van der Waals surface area contributed by atoms with Gasteiger partial charge in [-0.2, -0.15) is 5.10 Å². The minimum absolute atomic E-state index is 0.297. The van der Waals surface area contributed by atoms with Crippen molar-refractivity contribution in [1.82, 2.24) is 15.1 Å². The number of aromatic nitrogens is 2. The van der Waals surface area contributed by atoms with Crippen LogP contribution in [0.3, 0.4) is 0 Å². The number of nitrogens with one attached hydrogen (secondary N) is 1. The molecule has 3 aromatic rings. The summed E-state index contributed by atoms with van der Waals surface area (Å²) in [6, 6.07) is 15.2. The number of hydrogen-bond donors (Lipinski definition) is 1. The predicted molar refractivity (Wildman–Crippen MR) is 106 cm³/mol. The van der Waals surface area contributed by atoms with Gasteiger partial charge in [-0.3, -0.25) is 14.3 Å². The van der Waals surface area contributed by atoms with E-state index in [1.807, 2.05) is 16.8 Å². The van der Waals surface area contributed by atoms with Crippen molar-refractivity contribution < 1.29 is 9.59 Å². The molecular formula is C22H20N4O2. The molecule has 0 aliphatic carbocycles. The maximum atomic E-state index is 13.0. The highest BCUT2D eigenvalue weighted by Crippen LogP contribution is 2.33. The maximum Gasteiger partial charge on any atom is 0.267 e. The first kappa shape index (κ1) is 16.9. The Labute approximate surface area is 162 Å². The van der Waals surface area contributed by atoms with E-state index in [-0.39, 0.29) is 11.8 Å². The second kappa shape index (κ2) is 6.42. The number of amides is 2. The molecule has 0 fully saturated rings. The molecule has 3 heterocycles.